The second kappa shape index (κ2) is 10.8. The molecule has 2 aromatic carbocycles. The van der Waals surface area contributed by atoms with Gasteiger partial charge in [0.15, 0.2) is 0 Å². The molecule has 1 aliphatic heterocycles. The van der Waals surface area contributed by atoms with Crippen LogP contribution < -0.4 is 16.0 Å². The van der Waals surface area contributed by atoms with E-state index in [1.165, 1.54) is 0 Å². The van der Waals surface area contributed by atoms with Crippen LogP contribution in [0, 0.1) is 17.2 Å². The van der Waals surface area contributed by atoms with Crippen LogP contribution in [-0.2, 0) is 11.3 Å². The van der Waals surface area contributed by atoms with Crippen molar-refractivity contribution in [2.24, 2.45) is 11.7 Å². The smallest absolute Gasteiger partial charge is 0.227 e. The zero-order valence-corrected chi connectivity index (χ0v) is 19.5. The average molecular weight is 446 g/mol. The summed E-state index contributed by atoms with van der Waals surface area (Å²) in [5, 5.41) is 12.4. The maximum atomic E-state index is 12.1. The highest BCUT2D eigenvalue weighted by Crippen LogP contribution is 2.31. The zero-order valence-electron chi connectivity index (χ0n) is 19.5. The van der Waals surface area contributed by atoms with Crippen molar-refractivity contribution < 1.29 is 4.79 Å². The molecule has 1 heterocycles. The summed E-state index contributed by atoms with van der Waals surface area (Å²) in [7, 11) is 0. The monoisotopic (exact) mass is 445 g/mol. The predicted molar refractivity (Wildman–Crippen MR) is 133 cm³/mol. The van der Waals surface area contributed by atoms with E-state index in [4.69, 9.17) is 5.73 Å². The van der Waals surface area contributed by atoms with Crippen LogP contribution in [0.25, 0.3) is 0 Å². The van der Waals surface area contributed by atoms with Gasteiger partial charge < -0.3 is 20.9 Å². The molecular formula is C27H35N5O. The summed E-state index contributed by atoms with van der Waals surface area (Å²) >= 11 is 0. The summed E-state index contributed by atoms with van der Waals surface area (Å²) in [5.41, 5.74) is 9.61. The van der Waals surface area contributed by atoms with Gasteiger partial charge in [-0.15, -0.1) is 0 Å². The van der Waals surface area contributed by atoms with E-state index in [2.05, 4.69) is 46.3 Å². The number of benzene rings is 2. The summed E-state index contributed by atoms with van der Waals surface area (Å²) in [6, 6.07) is 19.3. The molecule has 2 aromatic rings. The predicted octanol–water partition coefficient (Wildman–Crippen LogP) is 4.12. The van der Waals surface area contributed by atoms with Gasteiger partial charge in [-0.25, -0.2) is 0 Å². The van der Waals surface area contributed by atoms with Gasteiger partial charge in [-0.1, -0.05) is 12.1 Å². The van der Waals surface area contributed by atoms with Gasteiger partial charge in [0.1, 0.15) is 0 Å². The minimum Gasteiger partial charge on any atom is -0.364 e. The van der Waals surface area contributed by atoms with Gasteiger partial charge in [-0.3, -0.25) is 4.79 Å². The molecule has 0 spiro atoms. The van der Waals surface area contributed by atoms with Crippen LogP contribution in [-0.4, -0.2) is 42.5 Å². The van der Waals surface area contributed by atoms with Gasteiger partial charge in [0, 0.05) is 49.0 Å². The van der Waals surface area contributed by atoms with Gasteiger partial charge in [0.25, 0.3) is 0 Å². The lowest BCUT2D eigenvalue weighted by Gasteiger charge is -2.42. The molecule has 174 valence electrons. The normalized spacial score (nSPS) is 17.8. The van der Waals surface area contributed by atoms with Crippen molar-refractivity contribution in [1.29, 1.82) is 5.26 Å². The van der Waals surface area contributed by atoms with Gasteiger partial charge in [-0.2, -0.15) is 5.26 Å². The van der Waals surface area contributed by atoms with Crippen molar-refractivity contribution in [2.45, 2.75) is 57.7 Å². The molecule has 33 heavy (non-hydrogen) atoms. The van der Waals surface area contributed by atoms with Crippen molar-refractivity contribution in [3.8, 4) is 6.07 Å². The van der Waals surface area contributed by atoms with Crippen LogP contribution in [0.5, 0.6) is 0 Å². The number of rotatable bonds is 9. The van der Waals surface area contributed by atoms with Crippen molar-refractivity contribution >= 4 is 17.3 Å². The van der Waals surface area contributed by atoms with Crippen molar-refractivity contribution in [2.75, 3.05) is 29.9 Å². The Bertz CT molecular complexity index is 971. The number of hydrogen-bond acceptors (Lipinski definition) is 5. The number of nitrogens with one attached hydrogen (secondary N) is 1. The quantitative estimate of drug-likeness (QED) is 0.607. The molecule has 1 atom stereocenters. The molecule has 1 unspecified atom stereocenters. The van der Waals surface area contributed by atoms with Crippen LogP contribution in [0.1, 0.15) is 50.2 Å². The van der Waals surface area contributed by atoms with Crippen LogP contribution in [0.15, 0.2) is 48.5 Å². The maximum absolute atomic E-state index is 12.1. The Balaban J connectivity index is 1.50. The first kappa shape index (κ1) is 23.3. The lowest BCUT2D eigenvalue weighted by Crippen LogP contribution is -2.47. The molecule has 2 aliphatic rings. The summed E-state index contributed by atoms with van der Waals surface area (Å²) in [6.45, 7) is 5.89. The summed E-state index contributed by atoms with van der Waals surface area (Å²) < 4.78 is 0. The highest BCUT2D eigenvalue weighted by atomic mass is 16.2. The van der Waals surface area contributed by atoms with E-state index in [9.17, 15) is 10.1 Å². The van der Waals surface area contributed by atoms with Crippen molar-refractivity contribution in [3.63, 3.8) is 0 Å². The number of likely N-dealkylation sites (tertiary alicyclic amines) is 1. The molecule has 0 aromatic heterocycles. The Kier molecular flexibility index (Phi) is 7.64. The minimum atomic E-state index is 0.131. The van der Waals surface area contributed by atoms with E-state index in [-0.39, 0.29) is 11.8 Å². The highest BCUT2D eigenvalue weighted by Gasteiger charge is 2.30. The molecule has 6 heteroatoms. The second-order valence-electron chi connectivity index (χ2n) is 9.44. The summed E-state index contributed by atoms with van der Waals surface area (Å²) in [4.78, 5) is 17.1. The third-order valence-corrected chi connectivity index (χ3v) is 6.97. The van der Waals surface area contributed by atoms with E-state index >= 15 is 0 Å². The van der Waals surface area contributed by atoms with Crippen LogP contribution in [0.4, 0.5) is 11.4 Å². The van der Waals surface area contributed by atoms with Gasteiger partial charge in [0.2, 0.25) is 5.91 Å². The lowest BCUT2D eigenvalue weighted by atomic mass is 9.99. The number of nitriles is 1. The zero-order chi connectivity index (χ0) is 23.2. The molecule has 6 nitrogen and oxygen atoms in total. The fraction of sp³-hybridized carbons (Fsp3) is 0.481. The van der Waals surface area contributed by atoms with E-state index in [0.717, 1.165) is 75.2 Å². The third-order valence-electron chi connectivity index (χ3n) is 6.97. The number of amides is 1. The molecular weight excluding hydrogens is 410 g/mol. The molecule has 1 saturated heterocycles. The number of hydrogen-bond donors (Lipinski definition) is 2. The molecule has 2 fully saturated rings. The first-order valence-corrected chi connectivity index (χ1v) is 12.2. The number of nitrogens with two attached hydrogens (primary N) is 1. The average Bonchev–Trinajstić information content (AvgIpc) is 3.69. The molecule has 1 amide bonds. The van der Waals surface area contributed by atoms with Crippen LogP contribution >= 0.6 is 0 Å². The van der Waals surface area contributed by atoms with Gasteiger partial charge in [0.05, 0.1) is 11.6 Å². The Hall–Kier alpha value is -2.88. The van der Waals surface area contributed by atoms with Gasteiger partial charge in [-0.05, 0) is 87.5 Å². The molecule has 3 N–H and O–H groups in total. The molecule has 4 rings (SSSR count). The second-order valence-corrected chi connectivity index (χ2v) is 9.44. The number of carbonyl (C=O) groups excluding carboxylic acids is 1. The van der Waals surface area contributed by atoms with E-state index in [0.29, 0.717) is 17.6 Å². The Morgan fingerprint density at radius 2 is 1.91 bits per heavy atom. The summed E-state index contributed by atoms with van der Waals surface area (Å²) in [5.74, 6) is 0.326. The number of carbonyl (C=O) groups is 1. The number of anilines is 2. The number of piperidine rings is 1. The van der Waals surface area contributed by atoms with Crippen LogP contribution in [0.2, 0.25) is 0 Å². The number of nitrogens with zero attached hydrogens (tertiary/aromatic N) is 3. The third kappa shape index (κ3) is 6.13. The maximum Gasteiger partial charge on any atom is 0.227 e. The van der Waals surface area contributed by atoms with E-state index in [1.54, 1.807) is 0 Å². The first-order valence-electron chi connectivity index (χ1n) is 12.2. The lowest BCUT2D eigenvalue weighted by molar-refractivity contribution is -0.117. The SMILES string of the molecule is CC(CCN)N1CCC(N(Cc2cccc(C#N)c2)c2ccc(NC(=O)C3CC3)cc2)CC1. The molecule has 1 saturated carbocycles. The van der Waals surface area contributed by atoms with E-state index in [1.807, 2.05) is 30.3 Å². The fourth-order valence-electron chi connectivity index (χ4n) is 4.76. The molecule has 0 bridgehead atoms. The Morgan fingerprint density at radius 3 is 2.55 bits per heavy atom. The standard InChI is InChI=1S/C27H35N5O/c1-20(11-14-28)31-15-12-26(13-16-31)32(19-22-4-2-3-21(17-22)18-29)25-9-7-24(8-10-25)30-27(33)23-5-6-23/h2-4,7-10,17,20,23,26H,5-6,11-16,19,28H2,1H3,(H,30,33). The van der Waals surface area contributed by atoms with Gasteiger partial charge >= 0.3 is 0 Å². The topological polar surface area (TPSA) is 85.4 Å². The first-order chi connectivity index (χ1) is 16.1. The summed E-state index contributed by atoms with van der Waals surface area (Å²) in [6.07, 6.45) is 5.22. The minimum absolute atomic E-state index is 0.131. The molecule has 0 radical (unpaired) electrons. The van der Waals surface area contributed by atoms with Crippen molar-refractivity contribution in [3.05, 3.63) is 59.7 Å². The fourth-order valence-corrected chi connectivity index (χ4v) is 4.76. The Labute approximate surface area is 197 Å². The van der Waals surface area contributed by atoms with E-state index < -0.39 is 0 Å². The highest BCUT2D eigenvalue weighted by molar-refractivity contribution is 5.94. The van der Waals surface area contributed by atoms with Crippen LogP contribution in [0.3, 0.4) is 0 Å². The molecule has 1 aliphatic carbocycles. The van der Waals surface area contributed by atoms with Crippen molar-refractivity contribution in [1.82, 2.24) is 4.90 Å². The largest absolute Gasteiger partial charge is 0.364 e. The Morgan fingerprint density at radius 1 is 1.18 bits per heavy atom.